The van der Waals surface area contributed by atoms with E-state index in [0.717, 1.165) is 18.2 Å². The molecule has 0 aliphatic carbocycles. The Morgan fingerprint density at radius 1 is 0.947 bits per heavy atom. The van der Waals surface area contributed by atoms with E-state index >= 15 is 0 Å². The largest absolute Gasteiger partial charge is 0.477 e. The van der Waals surface area contributed by atoms with Crippen LogP contribution < -0.4 is 0 Å². The molecular weight excluding hydrogens is 266 g/mol. The van der Waals surface area contributed by atoms with Crippen molar-refractivity contribution in [3.8, 4) is 11.3 Å². The summed E-state index contributed by atoms with van der Waals surface area (Å²) in [5, 5.41) is 8.70. The smallest absolute Gasteiger partial charge is 0.354 e. The fraction of sp³-hybridized carbons (Fsp3) is 0. The first kappa shape index (κ1) is 13.0. The monoisotopic (exact) mass is 271 g/mol. The van der Waals surface area contributed by atoms with Gasteiger partial charge >= 0.3 is 5.97 Å². The number of halogens is 4. The van der Waals surface area contributed by atoms with E-state index in [-0.39, 0.29) is 0 Å². The predicted molar refractivity (Wildman–Crippen MR) is 56.5 cm³/mol. The quantitative estimate of drug-likeness (QED) is 0.674. The fourth-order valence-corrected chi connectivity index (χ4v) is 1.46. The third-order valence-electron chi connectivity index (χ3n) is 2.36. The standard InChI is InChI=1S/C12H5F4NO2/c13-6-2-1-5(9(15)10(6)16)11-7(14)3-4-8(17-11)12(18)19/h1-4H,(H,18,19). The molecule has 19 heavy (non-hydrogen) atoms. The number of hydrogen-bond donors (Lipinski definition) is 1. The van der Waals surface area contributed by atoms with Gasteiger partial charge in [0.05, 0.1) is 0 Å². The SMILES string of the molecule is O=C(O)c1ccc(F)c(-c2ccc(F)c(F)c2F)n1. The Bertz CT molecular complexity index is 673. The highest BCUT2D eigenvalue weighted by atomic mass is 19.2. The van der Waals surface area contributed by atoms with Crippen LogP contribution in [0.1, 0.15) is 10.5 Å². The zero-order chi connectivity index (χ0) is 14.2. The zero-order valence-corrected chi connectivity index (χ0v) is 9.12. The molecule has 0 radical (unpaired) electrons. The minimum atomic E-state index is -1.78. The molecule has 1 aromatic heterocycles. The molecule has 2 aromatic rings. The lowest BCUT2D eigenvalue weighted by Gasteiger charge is -2.06. The van der Waals surface area contributed by atoms with E-state index < -0.39 is 46.2 Å². The van der Waals surface area contributed by atoms with Crippen molar-refractivity contribution >= 4 is 5.97 Å². The lowest BCUT2D eigenvalue weighted by atomic mass is 10.1. The molecule has 0 amide bonds. The summed E-state index contributed by atoms with van der Waals surface area (Å²) in [7, 11) is 0. The molecule has 0 spiro atoms. The Labute approximate surface area is 104 Å². The highest BCUT2D eigenvalue weighted by molar-refractivity contribution is 5.86. The van der Waals surface area contributed by atoms with Crippen LogP contribution in [0.4, 0.5) is 17.6 Å². The first-order chi connectivity index (χ1) is 8.91. The molecule has 0 aliphatic rings. The van der Waals surface area contributed by atoms with Gasteiger partial charge in [0.25, 0.3) is 0 Å². The second kappa shape index (κ2) is 4.68. The number of rotatable bonds is 2. The van der Waals surface area contributed by atoms with E-state index in [1.54, 1.807) is 0 Å². The van der Waals surface area contributed by atoms with Crippen molar-refractivity contribution in [3.63, 3.8) is 0 Å². The van der Waals surface area contributed by atoms with E-state index in [2.05, 4.69) is 4.98 Å². The molecule has 3 nitrogen and oxygen atoms in total. The molecule has 1 aromatic carbocycles. The molecule has 98 valence electrons. The Morgan fingerprint density at radius 3 is 2.21 bits per heavy atom. The first-order valence-corrected chi connectivity index (χ1v) is 4.95. The lowest BCUT2D eigenvalue weighted by Crippen LogP contribution is -2.04. The third-order valence-corrected chi connectivity index (χ3v) is 2.36. The van der Waals surface area contributed by atoms with Crippen molar-refractivity contribution in [1.29, 1.82) is 0 Å². The van der Waals surface area contributed by atoms with Gasteiger partial charge in [-0.1, -0.05) is 0 Å². The molecule has 0 unspecified atom stereocenters. The number of carboxylic acid groups (broad SMARTS) is 1. The predicted octanol–water partition coefficient (Wildman–Crippen LogP) is 3.00. The second-order valence-electron chi connectivity index (χ2n) is 3.55. The van der Waals surface area contributed by atoms with Crippen molar-refractivity contribution in [2.24, 2.45) is 0 Å². The van der Waals surface area contributed by atoms with Crippen LogP contribution in [0.3, 0.4) is 0 Å². The van der Waals surface area contributed by atoms with Crippen LogP contribution >= 0.6 is 0 Å². The Kier molecular flexibility index (Phi) is 3.20. The van der Waals surface area contributed by atoms with E-state index in [9.17, 15) is 22.4 Å². The minimum absolute atomic E-state index is 0.541. The molecule has 0 aliphatic heterocycles. The summed E-state index contributed by atoms with van der Waals surface area (Å²) in [6.07, 6.45) is 0. The van der Waals surface area contributed by atoms with E-state index in [4.69, 9.17) is 5.11 Å². The molecule has 2 rings (SSSR count). The van der Waals surface area contributed by atoms with Crippen LogP contribution in [-0.4, -0.2) is 16.1 Å². The number of aromatic carboxylic acids is 1. The second-order valence-corrected chi connectivity index (χ2v) is 3.55. The fourth-order valence-electron chi connectivity index (χ4n) is 1.46. The molecule has 0 saturated carbocycles. The number of hydrogen-bond acceptors (Lipinski definition) is 2. The van der Waals surface area contributed by atoms with Gasteiger partial charge in [-0.15, -0.1) is 0 Å². The molecule has 0 fully saturated rings. The lowest BCUT2D eigenvalue weighted by molar-refractivity contribution is 0.0690. The number of nitrogens with zero attached hydrogens (tertiary/aromatic N) is 1. The summed E-state index contributed by atoms with van der Waals surface area (Å²) in [5.74, 6) is -7.34. The van der Waals surface area contributed by atoms with Gasteiger partial charge in [0.2, 0.25) is 0 Å². The van der Waals surface area contributed by atoms with Gasteiger partial charge in [-0.05, 0) is 24.3 Å². The number of carboxylic acids is 1. The van der Waals surface area contributed by atoms with Crippen molar-refractivity contribution in [2.45, 2.75) is 0 Å². The van der Waals surface area contributed by atoms with Crippen LogP contribution in [0.5, 0.6) is 0 Å². The average molecular weight is 271 g/mol. The van der Waals surface area contributed by atoms with Crippen LogP contribution in [-0.2, 0) is 0 Å². The maximum Gasteiger partial charge on any atom is 0.354 e. The van der Waals surface area contributed by atoms with E-state index in [1.807, 2.05) is 0 Å². The molecule has 0 bridgehead atoms. The van der Waals surface area contributed by atoms with Crippen molar-refractivity contribution in [2.75, 3.05) is 0 Å². The summed E-state index contributed by atoms with van der Waals surface area (Å²) in [6, 6.07) is 3.01. The summed E-state index contributed by atoms with van der Waals surface area (Å²) < 4.78 is 52.8. The highest BCUT2D eigenvalue weighted by Gasteiger charge is 2.19. The van der Waals surface area contributed by atoms with Gasteiger partial charge in [-0.2, -0.15) is 0 Å². The number of pyridine rings is 1. The molecule has 0 saturated heterocycles. The van der Waals surface area contributed by atoms with Gasteiger partial charge in [0.15, 0.2) is 17.5 Å². The van der Waals surface area contributed by atoms with Crippen LogP contribution in [0, 0.1) is 23.3 Å². The molecule has 0 atom stereocenters. The minimum Gasteiger partial charge on any atom is -0.477 e. The van der Waals surface area contributed by atoms with Gasteiger partial charge in [-0.3, -0.25) is 0 Å². The Morgan fingerprint density at radius 2 is 1.58 bits per heavy atom. The molecule has 7 heteroatoms. The number of carbonyl (C=O) groups is 1. The topological polar surface area (TPSA) is 50.2 Å². The van der Waals surface area contributed by atoms with Gasteiger partial charge in [-0.25, -0.2) is 27.3 Å². The number of aromatic nitrogens is 1. The maximum atomic E-state index is 13.5. The normalized spacial score (nSPS) is 10.5. The molecule has 1 heterocycles. The Hall–Kier alpha value is -2.44. The summed E-state index contributed by atoms with van der Waals surface area (Å²) in [4.78, 5) is 14.1. The maximum absolute atomic E-state index is 13.5. The van der Waals surface area contributed by atoms with Crippen molar-refractivity contribution in [3.05, 3.63) is 53.2 Å². The molecule has 1 N–H and O–H groups in total. The highest BCUT2D eigenvalue weighted by Crippen LogP contribution is 2.26. The van der Waals surface area contributed by atoms with Crippen LogP contribution in [0.25, 0.3) is 11.3 Å². The third kappa shape index (κ3) is 2.26. The summed E-state index contributed by atoms with van der Waals surface area (Å²) in [5.41, 5.74) is -1.89. The van der Waals surface area contributed by atoms with Crippen LogP contribution in [0.2, 0.25) is 0 Å². The van der Waals surface area contributed by atoms with Crippen molar-refractivity contribution in [1.82, 2.24) is 4.98 Å². The van der Waals surface area contributed by atoms with Gasteiger partial charge in [0.1, 0.15) is 17.2 Å². The van der Waals surface area contributed by atoms with Gasteiger partial charge in [0, 0.05) is 5.56 Å². The van der Waals surface area contributed by atoms with E-state index in [0.29, 0.717) is 6.07 Å². The first-order valence-electron chi connectivity index (χ1n) is 4.95. The average Bonchev–Trinajstić information content (AvgIpc) is 2.37. The van der Waals surface area contributed by atoms with E-state index in [1.165, 1.54) is 0 Å². The number of benzene rings is 1. The van der Waals surface area contributed by atoms with Gasteiger partial charge < -0.3 is 5.11 Å². The Balaban J connectivity index is 2.68. The summed E-state index contributed by atoms with van der Waals surface area (Å²) >= 11 is 0. The summed E-state index contributed by atoms with van der Waals surface area (Å²) in [6.45, 7) is 0. The van der Waals surface area contributed by atoms with Crippen LogP contribution in [0.15, 0.2) is 24.3 Å². The van der Waals surface area contributed by atoms with Crippen molar-refractivity contribution < 1.29 is 27.5 Å². The zero-order valence-electron chi connectivity index (χ0n) is 9.12. The molecular formula is C12H5F4NO2.